The molecule has 1 atom stereocenters. The van der Waals surface area contributed by atoms with Crippen molar-refractivity contribution in [3.05, 3.63) is 22.7 Å². The van der Waals surface area contributed by atoms with Crippen molar-refractivity contribution in [2.45, 2.75) is 18.9 Å². The summed E-state index contributed by atoms with van der Waals surface area (Å²) in [7, 11) is 0. The number of nitrogens with zero attached hydrogens (tertiary/aromatic N) is 1. The molecule has 132 valence electrons. The van der Waals surface area contributed by atoms with Crippen LogP contribution in [-0.4, -0.2) is 55.1 Å². The lowest BCUT2D eigenvalue weighted by Gasteiger charge is -2.44. The number of piperidine rings is 3. The number of halogens is 1. The highest BCUT2D eigenvalue weighted by Gasteiger charge is 2.35. The number of carbonyl (C=O) groups excluding carboxylic acids is 1. The molecule has 3 aliphatic heterocycles. The van der Waals surface area contributed by atoms with Gasteiger partial charge in [0.1, 0.15) is 5.75 Å². The Morgan fingerprint density at radius 3 is 2.83 bits per heavy atom. The van der Waals surface area contributed by atoms with Crippen LogP contribution in [-0.2, 0) is 0 Å². The predicted molar refractivity (Wildman–Crippen MR) is 100 cm³/mol. The SMILES string of the molecule is CSCCOc1cc(N)c(Cl)cc1C(=O)NC1CN2CCC1CC2. The monoisotopic (exact) mass is 369 g/mol. The molecule has 0 saturated carbocycles. The maximum absolute atomic E-state index is 12.8. The zero-order valence-electron chi connectivity index (χ0n) is 13.9. The Kier molecular flexibility index (Phi) is 5.79. The second-order valence-electron chi connectivity index (χ2n) is 6.43. The number of nitrogen functional groups attached to an aromatic ring is 1. The van der Waals surface area contributed by atoms with Crippen LogP contribution in [0.25, 0.3) is 0 Å². The third kappa shape index (κ3) is 3.92. The molecule has 4 rings (SSSR count). The highest BCUT2D eigenvalue weighted by atomic mass is 35.5. The minimum absolute atomic E-state index is 0.130. The first-order valence-corrected chi connectivity index (χ1v) is 10.1. The van der Waals surface area contributed by atoms with Crippen molar-refractivity contribution in [2.24, 2.45) is 5.92 Å². The van der Waals surface area contributed by atoms with Gasteiger partial charge in [0.2, 0.25) is 0 Å². The summed E-state index contributed by atoms with van der Waals surface area (Å²) >= 11 is 7.81. The smallest absolute Gasteiger partial charge is 0.255 e. The first-order chi connectivity index (χ1) is 11.6. The molecule has 5 nitrogen and oxygen atoms in total. The van der Waals surface area contributed by atoms with Gasteiger partial charge in [-0.05, 0) is 44.2 Å². The molecule has 0 spiro atoms. The zero-order valence-corrected chi connectivity index (χ0v) is 15.5. The fraction of sp³-hybridized carbons (Fsp3) is 0.588. The number of carbonyl (C=O) groups is 1. The number of hydrogen-bond donors (Lipinski definition) is 2. The zero-order chi connectivity index (χ0) is 17.1. The second-order valence-corrected chi connectivity index (χ2v) is 7.82. The number of fused-ring (bicyclic) bond motifs is 3. The summed E-state index contributed by atoms with van der Waals surface area (Å²) in [6.07, 6.45) is 4.33. The van der Waals surface area contributed by atoms with Crippen LogP contribution in [0.4, 0.5) is 5.69 Å². The Morgan fingerprint density at radius 1 is 1.46 bits per heavy atom. The molecule has 3 saturated heterocycles. The number of rotatable bonds is 6. The molecule has 1 amide bonds. The van der Waals surface area contributed by atoms with E-state index in [2.05, 4.69) is 10.2 Å². The summed E-state index contributed by atoms with van der Waals surface area (Å²) in [6, 6.07) is 3.46. The number of thioether (sulfide) groups is 1. The molecule has 3 aliphatic rings. The number of benzene rings is 1. The van der Waals surface area contributed by atoms with Crippen molar-refractivity contribution >= 4 is 35.0 Å². The van der Waals surface area contributed by atoms with Crippen molar-refractivity contribution < 1.29 is 9.53 Å². The van der Waals surface area contributed by atoms with Gasteiger partial charge in [0.15, 0.2) is 0 Å². The van der Waals surface area contributed by atoms with E-state index < -0.39 is 0 Å². The molecule has 0 aromatic heterocycles. The van der Waals surface area contributed by atoms with Crippen LogP contribution >= 0.6 is 23.4 Å². The average molecular weight is 370 g/mol. The molecule has 7 heteroatoms. The Balaban J connectivity index is 1.74. The van der Waals surface area contributed by atoms with E-state index in [0.717, 1.165) is 38.2 Å². The number of nitrogens with one attached hydrogen (secondary N) is 1. The van der Waals surface area contributed by atoms with Crippen LogP contribution in [0.5, 0.6) is 5.75 Å². The van der Waals surface area contributed by atoms with E-state index in [4.69, 9.17) is 22.1 Å². The van der Waals surface area contributed by atoms with Gasteiger partial charge in [0.25, 0.3) is 5.91 Å². The Bertz CT molecular complexity index is 606. The van der Waals surface area contributed by atoms with Crippen LogP contribution in [0.1, 0.15) is 23.2 Å². The van der Waals surface area contributed by atoms with Crippen molar-refractivity contribution in [3.63, 3.8) is 0 Å². The van der Waals surface area contributed by atoms with E-state index in [1.165, 1.54) is 0 Å². The maximum Gasteiger partial charge on any atom is 0.255 e. The predicted octanol–water partition coefficient (Wildman–Crippen LogP) is 2.49. The molecule has 0 aliphatic carbocycles. The first-order valence-electron chi connectivity index (χ1n) is 8.32. The molecule has 1 unspecified atom stereocenters. The average Bonchev–Trinajstić information content (AvgIpc) is 2.59. The van der Waals surface area contributed by atoms with Gasteiger partial charge in [0.05, 0.1) is 22.9 Å². The summed E-state index contributed by atoms with van der Waals surface area (Å²) in [5, 5.41) is 3.56. The van der Waals surface area contributed by atoms with Gasteiger partial charge in [-0.15, -0.1) is 0 Å². The first kappa shape index (κ1) is 17.7. The van der Waals surface area contributed by atoms with Gasteiger partial charge >= 0.3 is 0 Å². The van der Waals surface area contributed by atoms with Crippen molar-refractivity contribution in [2.75, 3.05) is 44.0 Å². The van der Waals surface area contributed by atoms with Gasteiger partial charge in [-0.25, -0.2) is 0 Å². The van der Waals surface area contributed by atoms with Gasteiger partial charge < -0.3 is 20.7 Å². The van der Waals surface area contributed by atoms with Gasteiger partial charge in [-0.1, -0.05) is 11.6 Å². The van der Waals surface area contributed by atoms with Crippen LogP contribution in [0, 0.1) is 5.92 Å². The fourth-order valence-corrected chi connectivity index (χ4v) is 3.89. The van der Waals surface area contributed by atoms with Crippen molar-refractivity contribution in [3.8, 4) is 5.75 Å². The molecule has 1 aromatic carbocycles. The lowest BCUT2D eigenvalue weighted by Crippen LogP contribution is -2.57. The van der Waals surface area contributed by atoms with Gasteiger partial charge in [-0.2, -0.15) is 11.8 Å². The third-order valence-corrected chi connectivity index (χ3v) is 5.76. The molecule has 3 N–H and O–H groups in total. The molecule has 24 heavy (non-hydrogen) atoms. The summed E-state index contributed by atoms with van der Waals surface area (Å²) in [4.78, 5) is 15.2. The standard InChI is InChI=1S/C17H24ClN3O2S/c1-24-7-6-23-16-9-14(19)13(18)8-12(16)17(22)20-15-10-21-4-2-11(15)3-5-21/h8-9,11,15H,2-7,10,19H2,1H3,(H,20,22). The topological polar surface area (TPSA) is 67.6 Å². The van der Waals surface area contributed by atoms with E-state index in [9.17, 15) is 4.79 Å². The summed E-state index contributed by atoms with van der Waals surface area (Å²) in [5.74, 6) is 1.80. The van der Waals surface area contributed by atoms with Crippen molar-refractivity contribution in [1.82, 2.24) is 10.2 Å². The van der Waals surface area contributed by atoms with E-state index in [0.29, 0.717) is 34.5 Å². The highest BCUT2D eigenvalue weighted by Crippen LogP contribution is 2.31. The van der Waals surface area contributed by atoms with Crippen LogP contribution in [0.15, 0.2) is 12.1 Å². The summed E-state index contributed by atoms with van der Waals surface area (Å²) < 4.78 is 5.75. The lowest BCUT2D eigenvalue weighted by molar-refractivity contribution is 0.0618. The Labute approximate surface area is 152 Å². The van der Waals surface area contributed by atoms with E-state index >= 15 is 0 Å². The Morgan fingerprint density at radius 2 is 2.21 bits per heavy atom. The van der Waals surface area contributed by atoms with E-state index in [1.807, 2.05) is 6.26 Å². The summed E-state index contributed by atoms with van der Waals surface area (Å²) in [5.41, 5.74) is 6.76. The number of nitrogens with two attached hydrogens (primary N) is 1. The number of hydrogen-bond acceptors (Lipinski definition) is 5. The lowest BCUT2D eigenvalue weighted by atomic mass is 9.84. The number of amides is 1. The van der Waals surface area contributed by atoms with Crippen LogP contribution < -0.4 is 15.8 Å². The molecule has 0 radical (unpaired) electrons. The molecule has 3 fully saturated rings. The maximum atomic E-state index is 12.8. The Hall–Kier alpha value is -1.11. The minimum Gasteiger partial charge on any atom is -0.492 e. The number of anilines is 1. The second kappa shape index (κ2) is 7.85. The highest BCUT2D eigenvalue weighted by molar-refractivity contribution is 7.98. The quantitative estimate of drug-likeness (QED) is 0.595. The normalized spacial score (nSPS) is 25.5. The van der Waals surface area contributed by atoms with E-state index in [-0.39, 0.29) is 11.9 Å². The minimum atomic E-state index is -0.130. The largest absolute Gasteiger partial charge is 0.492 e. The van der Waals surface area contributed by atoms with E-state index in [1.54, 1.807) is 23.9 Å². The molecule has 2 bridgehead atoms. The number of ether oxygens (including phenoxy) is 1. The summed E-state index contributed by atoms with van der Waals surface area (Å²) in [6.45, 7) is 3.76. The fourth-order valence-electron chi connectivity index (χ4n) is 3.48. The molecular formula is C17H24ClN3O2S. The molecule has 1 aromatic rings. The third-order valence-electron chi connectivity index (χ3n) is 4.86. The molecule has 3 heterocycles. The van der Waals surface area contributed by atoms with Crippen LogP contribution in [0.2, 0.25) is 5.02 Å². The van der Waals surface area contributed by atoms with Crippen molar-refractivity contribution in [1.29, 1.82) is 0 Å². The molecular weight excluding hydrogens is 346 g/mol. The van der Waals surface area contributed by atoms with Gasteiger partial charge in [-0.3, -0.25) is 4.79 Å². The van der Waals surface area contributed by atoms with Gasteiger partial charge in [0, 0.05) is 24.4 Å². The van der Waals surface area contributed by atoms with Crippen LogP contribution in [0.3, 0.4) is 0 Å².